The molecule has 0 amide bonds. The zero-order valence-corrected chi connectivity index (χ0v) is 13.3. The Kier molecular flexibility index (Phi) is 4.50. The van der Waals surface area contributed by atoms with Crippen LogP contribution in [0, 0.1) is 0 Å². The highest BCUT2D eigenvalue weighted by atomic mass is 79.9. The van der Waals surface area contributed by atoms with E-state index in [1.54, 1.807) is 0 Å². The first-order valence-corrected chi connectivity index (χ1v) is 7.72. The zero-order chi connectivity index (χ0) is 13.9. The monoisotopic (exact) mass is 323 g/mol. The van der Waals surface area contributed by atoms with Gasteiger partial charge >= 0.3 is 0 Å². The van der Waals surface area contributed by atoms with E-state index in [1.165, 1.54) is 19.3 Å². The third-order valence-electron chi connectivity index (χ3n) is 3.76. The molecule has 0 aliphatic carbocycles. The Labute approximate surface area is 124 Å². The van der Waals surface area contributed by atoms with Gasteiger partial charge in [-0.15, -0.1) is 0 Å². The maximum absolute atomic E-state index is 6.11. The summed E-state index contributed by atoms with van der Waals surface area (Å²) in [5.41, 5.74) is 7.23. The van der Waals surface area contributed by atoms with Crippen molar-refractivity contribution in [3.8, 4) is 0 Å². The Hall–Kier alpha value is -1.03. The number of rotatable bonds is 5. The quantitative estimate of drug-likeness (QED) is 0.834. The van der Waals surface area contributed by atoms with Crippen LogP contribution < -0.4 is 10.6 Å². The highest BCUT2D eigenvalue weighted by Crippen LogP contribution is 2.36. The molecule has 1 atom stereocenters. The summed E-state index contributed by atoms with van der Waals surface area (Å²) < 4.78 is 1.07. The lowest BCUT2D eigenvalue weighted by atomic mass is 9.93. The van der Waals surface area contributed by atoms with E-state index in [-0.39, 0.29) is 5.54 Å². The second kappa shape index (κ2) is 5.95. The number of nitrogens with two attached hydrogens (primary N) is 1. The molecule has 19 heavy (non-hydrogen) atoms. The Balaban J connectivity index is 2.24. The zero-order valence-electron chi connectivity index (χ0n) is 11.7. The smallest absolute Gasteiger partial charge is 0.196 e. The van der Waals surface area contributed by atoms with Crippen LogP contribution in [-0.2, 0) is 0 Å². The summed E-state index contributed by atoms with van der Waals surface area (Å²) in [6.45, 7) is 5.27. The molecule has 1 aromatic carbocycles. The summed E-state index contributed by atoms with van der Waals surface area (Å²) in [4.78, 5) is 6.65. The van der Waals surface area contributed by atoms with E-state index in [9.17, 15) is 0 Å². The highest BCUT2D eigenvalue weighted by Gasteiger charge is 2.39. The molecule has 0 radical (unpaired) electrons. The van der Waals surface area contributed by atoms with Crippen LogP contribution in [-0.4, -0.2) is 18.0 Å². The van der Waals surface area contributed by atoms with Crippen LogP contribution in [0.3, 0.4) is 0 Å². The van der Waals surface area contributed by atoms with E-state index in [1.807, 2.05) is 18.2 Å². The lowest BCUT2D eigenvalue weighted by Crippen LogP contribution is -2.50. The normalized spacial score (nSPS) is 22.7. The van der Waals surface area contributed by atoms with Gasteiger partial charge in [0.1, 0.15) is 0 Å². The van der Waals surface area contributed by atoms with Crippen LogP contribution in [0.15, 0.2) is 33.7 Å². The average molecular weight is 324 g/mol. The Morgan fingerprint density at radius 1 is 1.37 bits per heavy atom. The number of unbranched alkanes of at least 4 members (excludes halogenated alkanes) is 2. The van der Waals surface area contributed by atoms with Crippen molar-refractivity contribution in [2.24, 2.45) is 10.7 Å². The van der Waals surface area contributed by atoms with Gasteiger partial charge in [0, 0.05) is 4.47 Å². The number of benzene rings is 1. The van der Waals surface area contributed by atoms with E-state index >= 15 is 0 Å². The molecule has 2 N–H and O–H groups in total. The molecular weight excluding hydrogens is 302 g/mol. The lowest BCUT2D eigenvalue weighted by molar-refractivity contribution is 0.438. The molecule has 1 heterocycles. The van der Waals surface area contributed by atoms with Crippen molar-refractivity contribution in [1.82, 2.24) is 0 Å². The minimum absolute atomic E-state index is 0.00310. The van der Waals surface area contributed by atoms with Gasteiger partial charge in [0.05, 0.1) is 17.8 Å². The second-order valence-electron chi connectivity index (χ2n) is 5.42. The molecule has 1 aromatic rings. The van der Waals surface area contributed by atoms with Crippen molar-refractivity contribution in [3.63, 3.8) is 0 Å². The van der Waals surface area contributed by atoms with E-state index in [4.69, 9.17) is 5.73 Å². The molecule has 104 valence electrons. The molecule has 1 aliphatic heterocycles. The SMILES string of the molecule is CCCCCC1(C)CN=C(N)N1c1ccccc1Br. The van der Waals surface area contributed by atoms with Gasteiger partial charge in [0.2, 0.25) is 0 Å². The molecule has 0 saturated carbocycles. The first-order chi connectivity index (χ1) is 9.08. The molecule has 2 rings (SSSR count). The van der Waals surface area contributed by atoms with E-state index in [0.717, 1.165) is 23.1 Å². The van der Waals surface area contributed by atoms with E-state index in [0.29, 0.717) is 5.96 Å². The predicted molar refractivity (Wildman–Crippen MR) is 85.7 cm³/mol. The van der Waals surface area contributed by atoms with Crippen molar-refractivity contribution in [2.45, 2.75) is 45.1 Å². The predicted octanol–water partition coefficient (Wildman–Crippen LogP) is 3.92. The fraction of sp³-hybridized carbons (Fsp3) is 0.533. The van der Waals surface area contributed by atoms with E-state index in [2.05, 4.69) is 45.7 Å². The molecule has 1 aliphatic rings. The molecule has 0 saturated heterocycles. The molecule has 0 bridgehead atoms. The number of halogens is 1. The van der Waals surface area contributed by atoms with E-state index < -0.39 is 0 Å². The number of guanidine groups is 1. The maximum Gasteiger partial charge on any atom is 0.196 e. The second-order valence-corrected chi connectivity index (χ2v) is 6.27. The van der Waals surface area contributed by atoms with Crippen LogP contribution in [0.25, 0.3) is 0 Å². The van der Waals surface area contributed by atoms with Crippen molar-refractivity contribution in [2.75, 3.05) is 11.4 Å². The number of hydrogen-bond donors (Lipinski definition) is 1. The Bertz CT molecular complexity index is 472. The molecule has 4 heteroatoms. The van der Waals surface area contributed by atoms with Crippen LogP contribution >= 0.6 is 15.9 Å². The van der Waals surface area contributed by atoms with Crippen molar-refractivity contribution >= 4 is 27.6 Å². The highest BCUT2D eigenvalue weighted by molar-refractivity contribution is 9.10. The van der Waals surface area contributed by atoms with Crippen molar-refractivity contribution < 1.29 is 0 Å². The molecular formula is C15H22BrN3. The van der Waals surface area contributed by atoms with Crippen molar-refractivity contribution in [3.05, 3.63) is 28.7 Å². The van der Waals surface area contributed by atoms with Crippen LogP contribution in [0.2, 0.25) is 0 Å². The summed E-state index contributed by atoms with van der Waals surface area (Å²) in [5, 5.41) is 0. The standard InChI is InChI=1S/C15H22BrN3/c1-3-4-7-10-15(2)11-18-14(17)19(15)13-9-6-5-8-12(13)16/h5-6,8-9H,3-4,7,10-11H2,1-2H3,(H2,17,18). The minimum Gasteiger partial charge on any atom is -0.369 e. The Morgan fingerprint density at radius 2 is 2.11 bits per heavy atom. The van der Waals surface area contributed by atoms with Gasteiger partial charge in [-0.25, -0.2) is 0 Å². The summed E-state index contributed by atoms with van der Waals surface area (Å²) in [5.74, 6) is 0.630. The Morgan fingerprint density at radius 3 is 2.79 bits per heavy atom. The van der Waals surface area contributed by atoms with Crippen LogP contribution in [0.4, 0.5) is 5.69 Å². The summed E-state index contributed by atoms with van der Waals surface area (Å²) in [6, 6.07) is 8.20. The maximum atomic E-state index is 6.11. The van der Waals surface area contributed by atoms with Crippen LogP contribution in [0.5, 0.6) is 0 Å². The van der Waals surface area contributed by atoms with Gasteiger partial charge in [0.25, 0.3) is 0 Å². The summed E-state index contributed by atoms with van der Waals surface area (Å²) >= 11 is 3.62. The number of aliphatic imine (C=N–C) groups is 1. The van der Waals surface area contributed by atoms with Gasteiger partial charge in [-0.2, -0.15) is 0 Å². The molecule has 1 unspecified atom stereocenters. The first-order valence-electron chi connectivity index (χ1n) is 6.93. The van der Waals surface area contributed by atoms with Gasteiger partial charge < -0.3 is 10.6 Å². The average Bonchev–Trinajstić information content (AvgIpc) is 2.67. The van der Waals surface area contributed by atoms with Gasteiger partial charge in [0.15, 0.2) is 5.96 Å². The fourth-order valence-corrected chi connectivity index (χ4v) is 3.13. The van der Waals surface area contributed by atoms with Crippen LogP contribution in [0.1, 0.15) is 39.5 Å². The number of nitrogens with zero attached hydrogens (tertiary/aromatic N) is 2. The third-order valence-corrected chi connectivity index (χ3v) is 4.43. The van der Waals surface area contributed by atoms with Crippen molar-refractivity contribution in [1.29, 1.82) is 0 Å². The minimum atomic E-state index is 0.00310. The number of anilines is 1. The molecule has 3 nitrogen and oxygen atoms in total. The first kappa shape index (κ1) is 14.4. The molecule has 0 aromatic heterocycles. The molecule has 0 spiro atoms. The fourth-order valence-electron chi connectivity index (χ4n) is 2.66. The molecule has 0 fully saturated rings. The lowest BCUT2D eigenvalue weighted by Gasteiger charge is -2.37. The number of hydrogen-bond acceptors (Lipinski definition) is 3. The summed E-state index contributed by atoms with van der Waals surface area (Å²) in [6.07, 6.45) is 4.84. The largest absolute Gasteiger partial charge is 0.369 e. The van der Waals surface area contributed by atoms with Gasteiger partial charge in [-0.3, -0.25) is 4.99 Å². The number of para-hydroxylation sites is 1. The topological polar surface area (TPSA) is 41.6 Å². The van der Waals surface area contributed by atoms with Gasteiger partial charge in [-0.1, -0.05) is 38.3 Å². The van der Waals surface area contributed by atoms with Gasteiger partial charge in [-0.05, 0) is 41.4 Å². The third kappa shape index (κ3) is 2.94. The summed E-state index contributed by atoms with van der Waals surface area (Å²) in [7, 11) is 0.